The largest absolute Gasteiger partial charge is 0.340 e. The van der Waals surface area contributed by atoms with Crippen molar-refractivity contribution in [3.63, 3.8) is 0 Å². The Bertz CT molecular complexity index is 797. The Labute approximate surface area is 171 Å². The topological polar surface area (TPSA) is 127 Å². The van der Waals surface area contributed by atoms with Crippen LogP contribution in [0.1, 0.15) is 26.7 Å². The van der Waals surface area contributed by atoms with Crippen molar-refractivity contribution in [3.8, 4) is 0 Å². The van der Waals surface area contributed by atoms with Gasteiger partial charge in [0.05, 0.1) is 15.2 Å². The van der Waals surface area contributed by atoms with Crippen molar-refractivity contribution < 1.29 is 18.1 Å². The quantitative estimate of drug-likeness (QED) is 0.513. The van der Waals surface area contributed by atoms with Crippen LogP contribution in [0, 0.1) is 15.5 Å². The zero-order chi connectivity index (χ0) is 20.2. The van der Waals surface area contributed by atoms with Crippen LogP contribution in [0.2, 0.25) is 0 Å². The Hall–Kier alpha value is -1.75. The van der Waals surface area contributed by atoms with Crippen LogP contribution in [-0.2, 0) is 14.8 Å². The summed E-state index contributed by atoms with van der Waals surface area (Å²) in [4.78, 5) is 24.7. The number of nitro benzene ring substituents is 1. The van der Waals surface area contributed by atoms with Gasteiger partial charge in [0.2, 0.25) is 15.9 Å². The minimum Gasteiger partial charge on any atom is -0.340 e. The smallest absolute Gasteiger partial charge is 0.270 e. The Balaban J connectivity index is 0.00000392. The summed E-state index contributed by atoms with van der Waals surface area (Å²) < 4.78 is 26.8. The summed E-state index contributed by atoms with van der Waals surface area (Å²) in [6.45, 7) is 4.94. The molecule has 1 aromatic carbocycles. The molecular formula is C17H27ClN4O5S. The average Bonchev–Trinajstić information content (AvgIpc) is 2.69. The molecule has 11 heteroatoms. The molecule has 0 unspecified atom stereocenters. The van der Waals surface area contributed by atoms with Crippen LogP contribution in [0.5, 0.6) is 0 Å². The van der Waals surface area contributed by atoms with Gasteiger partial charge in [-0.25, -0.2) is 8.42 Å². The van der Waals surface area contributed by atoms with Crippen LogP contribution < -0.4 is 5.73 Å². The van der Waals surface area contributed by atoms with Gasteiger partial charge < -0.3 is 10.6 Å². The molecule has 0 aromatic heterocycles. The zero-order valence-corrected chi connectivity index (χ0v) is 17.7. The lowest BCUT2D eigenvalue weighted by atomic mass is 9.81. The van der Waals surface area contributed by atoms with Crippen LogP contribution in [0.4, 0.5) is 5.69 Å². The number of rotatable bonds is 7. The fraction of sp³-hybridized carbons (Fsp3) is 0.588. The summed E-state index contributed by atoms with van der Waals surface area (Å²) in [6.07, 6.45) is 1.26. The van der Waals surface area contributed by atoms with Crippen molar-refractivity contribution in [1.29, 1.82) is 0 Å². The van der Waals surface area contributed by atoms with Crippen molar-refractivity contribution in [2.75, 3.05) is 32.7 Å². The van der Waals surface area contributed by atoms with E-state index >= 15 is 0 Å². The lowest BCUT2D eigenvalue weighted by molar-refractivity contribution is -0.385. The lowest BCUT2D eigenvalue weighted by Gasteiger charge is -2.39. The SMILES string of the molecule is CCC(CC)(CN)C(=O)N1CCN(S(=O)(=O)c2cccc([N+](=O)[O-])c2)CC1.Cl. The number of non-ortho nitro benzene ring substituents is 1. The Morgan fingerprint density at radius 3 is 2.25 bits per heavy atom. The fourth-order valence-electron chi connectivity index (χ4n) is 3.30. The molecular weight excluding hydrogens is 408 g/mol. The highest BCUT2D eigenvalue weighted by molar-refractivity contribution is 7.89. The predicted octanol–water partition coefficient (Wildman–Crippen LogP) is 1.61. The normalized spacial score (nSPS) is 15.8. The summed E-state index contributed by atoms with van der Waals surface area (Å²) >= 11 is 0. The maximum absolute atomic E-state index is 12.9. The Morgan fingerprint density at radius 1 is 1.21 bits per heavy atom. The molecule has 1 aliphatic rings. The number of halogens is 1. The number of nitrogens with zero attached hydrogens (tertiary/aromatic N) is 3. The molecule has 0 atom stereocenters. The van der Waals surface area contributed by atoms with Gasteiger partial charge in [0.15, 0.2) is 0 Å². The monoisotopic (exact) mass is 434 g/mol. The van der Waals surface area contributed by atoms with Gasteiger partial charge >= 0.3 is 0 Å². The van der Waals surface area contributed by atoms with E-state index in [9.17, 15) is 23.3 Å². The number of nitro groups is 1. The van der Waals surface area contributed by atoms with Gasteiger partial charge in [-0.15, -0.1) is 12.4 Å². The average molecular weight is 435 g/mol. The van der Waals surface area contributed by atoms with E-state index < -0.39 is 20.4 Å². The molecule has 2 N–H and O–H groups in total. The second kappa shape index (κ2) is 9.64. The molecule has 158 valence electrons. The number of carbonyl (C=O) groups is 1. The lowest BCUT2D eigenvalue weighted by Crippen LogP contribution is -2.55. The minimum absolute atomic E-state index is 0. The molecule has 1 fully saturated rings. The van der Waals surface area contributed by atoms with Crippen LogP contribution in [-0.4, -0.2) is 61.2 Å². The first-order valence-electron chi connectivity index (χ1n) is 8.96. The van der Waals surface area contributed by atoms with Crippen molar-refractivity contribution in [3.05, 3.63) is 34.4 Å². The van der Waals surface area contributed by atoms with Gasteiger partial charge in [0, 0.05) is 44.9 Å². The predicted molar refractivity (Wildman–Crippen MR) is 108 cm³/mol. The molecule has 0 aliphatic carbocycles. The molecule has 0 saturated carbocycles. The molecule has 1 amide bonds. The van der Waals surface area contributed by atoms with Crippen molar-refractivity contribution in [2.45, 2.75) is 31.6 Å². The second-order valence-electron chi connectivity index (χ2n) is 6.64. The third-order valence-electron chi connectivity index (χ3n) is 5.39. The van der Waals surface area contributed by atoms with Crippen molar-refractivity contribution in [2.24, 2.45) is 11.1 Å². The van der Waals surface area contributed by atoms with E-state index in [4.69, 9.17) is 5.73 Å². The highest BCUT2D eigenvalue weighted by Crippen LogP contribution is 2.29. The first kappa shape index (κ1) is 24.3. The number of sulfonamides is 1. The van der Waals surface area contributed by atoms with E-state index in [0.717, 1.165) is 6.07 Å². The summed E-state index contributed by atoms with van der Waals surface area (Å²) in [6, 6.07) is 4.99. The summed E-state index contributed by atoms with van der Waals surface area (Å²) in [7, 11) is -3.85. The van der Waals surface area contributed by atoms with E-state index in [1.165, 1.54) is 22.5 Å². The molecule has 0 radical (unpaired) electrons. The van der Waals surface area contributed by atoms with Gasteiger partial charge in [-0.3, -0.25) is 14.9 Å². The molecule has 0 bridgehead atoms. The van der Waals surface area contributed by atoms with Gasteiger partial charge in [0.25, 0.3) is 5.69 Å². The van der Waals surface area contributed by atoms with Crippen LogP contribution in [0.25, 0.3) is 0 Å². The standard InChI is InChI=1S/C17H26N4O5S.ClH/c1-3-17(4-2,13-18)16(22)19-8-10-20(11-9-19)27(25,26)15-7-5-6-14(12-15)21(23)24;/h5-7,12H,3-4,8-11,13,18H2,1-2H3;1H. The summed E-state index contributed by atoms with van der Waals surface area (Å²) in [5, 5.41) is 10.9. The second-order valence-corrected chi connectivity index (χ2v) is 8.58. The van der Waals surface area contributed by atoms with E-state index in [2.05, 4.69) is 0 Å². The van der Waals surface area contributed by atoms with Gasteiger partial charge in [-0.1, -0.05) is 19.9 Å². The number of hydrogen-bond acceptors (Lipinski definition) is 6. The molecule has 1 aliphatic heterocycles. The number of benzene rings is 1. The molecule has 0 spiro atoms. The number of nitrogens with two attached hydrogens (primary N) is 1. The van der Waals surface area contributed by atoms with Crippen molar-refractivity contribution >= 4 is 34.0 Å². The van der Waals surface area contributed by atoms with Crippen LogP contribution in [0.15, 0.2) is 29.2 Å². The first-order chi connectivity index (χ1) is 12.7. The van der Waals surface area contributed by atoms with Gasteiger partial charge in [-0.05, 0) is 18.9 Å². The number of carbonyl (C=O) groups excluding carboxylic acids is 1. The van der Waals surface area contributed by atoms with Gasteiger partial charge in [-0.2, -0.15) is 4.31 Å². The fourth-order valence-corrected chi connectivity index (χ4v) is 4.76. The van der Waals surface area contributed by atoms with Gasteiger partial charge in [0.1, 0.15) is 0 Å². The number of hydrogen-bond donors (Lipinski definition) is 1. The summed E-state index contributed by atoms with van der Waals surface area (Å²) in [5.41, 5.74) is 4.95. The van der Waals surface area contributed by atoms with E-state index in [1.807, 2.05) is 13.8 Å². The third kappa shape index (κ3) is 4.62. The number of piperazine rings is 1. The third-order valence-corrected chi connectivity index (χ3v) is 7.28. The highest BCUT2D eigenvalue weighted by atomic mass is 35.5. The van der Waals surface area contributed by atoms with Crippen molar-refractivity contribution in [1.82, 2.24) is 9.21 Å². The zero-order valence-electron chi connectivity index (χ0n) is 16.0. The maximum Gasteiger partial charge on any atom is 0.270 e. The van der Waals surface area contributed by atoms with Crippen LogP contribution in [0.3, 0.4) is 0 Å². The molecule has 1 heterocycles. The van der Waals surface area contributed by atoms with E-state index in [0.29, 0.717) is 12.8 Å². The molecule has 28 heavy (non-hydrogen) atoms. The molecule has 9 nitrogen and oxygen atoms in total. The molecule has 1 aromatic rings. The Morgan fingerprint density at radius 2 is 1.79 bits per heavy atom. The Kier molecular flexibility index (Phi) is 8.36. The van der Waals surface area contributed by atoms with E-state index in [-0.39, 0.29) is 61.6 Å². The molecule has 2 rings (SSSR count). The minimum atomic E-state index is -3.85. The first-order valence-corrected chi connectivity index (χ1v) is 10.4. The summed E-state index contributed by atoms with van der Waals surface area (Å²) in [5.74, 6) is -0.0394. The maximum atomic E-state index is 12.9. The van der Waals surface area contributed by atoms with Crippen LogP contribution >= 0.6 is 12.4 Å². The molecule has 1 saturated heterocycles. The van der Waals surface area contributed by atoms with E-state index in [1.54, 1.807) is 4.90 Å². The number of amides is 1. The highest BCUT2D eigenvalue weighted by Gasteiger charge is 2.39.